The molecule has 1 nitrogen and oxygen atoms in total. The minimum Gasteiger partial charge on any atom is -0.263 e. The van der Waals surface area contributed by atoms with Gasteiger partial charge in [-0.15, -0.1) is 0 Å². The summed E-state index contributed by atoms with van der Waals surface area (Å²) < 4.78 is 3.08. The zero-order valence-corrected chi connectivity index (χ0v) is 10.5. The highest BCUT2D eigenvalue weighted by Crippen LogP contribution is 2.24. The van der Waals surface area contributed by atoms with Gasteiger partial charge in [-0.05, 0) is 55.1 Å². The Hall–Kier alpha value is -0.730. The SMILES string of the molecule is CC.CNSc1ccc2c(c1)C=CCC2. The minimum atomic E-state index is 1.19. The summed E-state index contributed by atoms with van der Waals surface area (Å²) in [7, 11) is 1.94. The van der Waals surface area contributed by atoms with Crippen LogP contribution in [0.4, 0.5) is 0 Å². The average molecular weight is 221 g/mol. The highest BCUT2D eigenvalue weighted by molar-refractivity contribution is 7.97. The van der Waals surface area contributed by atoms with Gasteiger partial charge in [0.1, 0.15) is 0 Å². The predicted molar refractivity (Wildman–Crippen MR) is 70.1 cm³/mol. The van der Waals surface area contributed by atoms with E-state index in [-0.39, 0.29) is 0 Å². The van der Waals surface area contributed by atoms with Gasteiger partial charge < -0.3 is 0 Å². The van der Waals surface area contributed by atoms with Gasteiger partial charge in [0, 0.05) is 4.90 Å². The quantitative estimate of drug-likeness (QED) is 0.760. The van der Waals surface area contributed by atoms with E-state index in [0.29, 0.717) is 0 Å². The second kappa shape index (κ2) is 6.70. The van der Waals surface area contributed by atoms with Gasteiger partial charge in [-0.2, -0.15) is 0 Å². The first-order chi connectivity index (χ1) is 7.40. The van der Waals surface area contributed by atoms with Crippen LogP contribution in [-0.4, -0.2) is 7.05 Å². The summed E-state index contributed by atoms with van der Waals surface area (Å²) in [4.78, 5) is 1.28. The van der Waals surface area contributed by atoms with Crippen molar-refractivity contribution in [3.05, 3.63) is 35.4 Å². The molecule has 0 saturated carbocycles. The second-order valence-corrected chi connectivity index (χ2v) is 4.19. The molecule has 1 aromatic rings. The highest BCUT2D eigenvalue weighted by atomic mass is 32.2. The van der Waals surface area contributed by atoms with E-state index in [1.54, 1.807) is 11.9 Å². The van der Waals surface area contributed by atoms with Crippen molar-refractivity contribution in [1.29, 1.82) is 0 Å². The van der Waals surface area contributed by atoms with Crippen molar-refractivity contribution < 1.29 is 0 Å². The summed E-state index contributed by atoms with van der Waals surface area (Å²) in [5, 5.41) is 0. The van der Waals surface area contributed by atoms with Crippen molar-refractivity contribution in [3.63, 3.8) is 0 Å². The Morgan fingerprint density at radius 1 is 1.27 bits per heavy atom. The van der Waals surface area contributed by atoms with Crippen molar-refractivity contribution >= 4 is 18.0 Å². The summed E-state index contributed by atoms with van der Waals surface area (Å²) >= 11 is 1.66. The number of hydrogen-bond acceptors (Lipinski definition) is 2. The van der Waals surface area contributed by atoms with Gasteiger partial charge in [-0.1, -0.05) is 32.1 Å². The minimum absolute atomic E-state index is 1.19. The summed E-state index contributed by atoms with van der Waals surface area (Å²) in [6, 6.07) is 6.66. The number of nitrogens with one attached hydrogen (secondary N) is 1. The van der Waals surface area contributed by atoms with Gasteiger partial charge in [0.15, 0.2) is 0 Å². The zero-order chi connectivity index (χ0) is 11.1. The molecule has 1 aliphatic rings. The third-order valence-corrected chi connectivity index (χ3v) is 2.91. The molecule has 82 valence electrons. The molecule has 0 radical (unpaired) electrons. The number of fused-ring (bicyclic) bond motifs is 1. The predicted octanol–water partition coefficient (Wildman–Crippen LogP) is 3.90. The number of hydrogen-bond donors (Lipinski definition) is 1. The maximum absolute atomic E-state index is 3.08. The topological polar surface area (TPSA) is 12.0 Å². The Kier molecular flexibility index (Phi) is 5.51. The van der Waals surface area contributed by atoms with Crippen LogP contribution in [-0.2, 0) is 6.42 Å². The molecular formula is C13H19NS. The van der Waals surface area contributed by atoms with Gasteiger partial charge >= 0.3 is 0 Å². The molecule has 0 unspecified atom stereocenters. The standard InChI is InChI=1S/C11H13NS.C2H6/c1-12-13-11-7-6-9-4-2-3-5-10(9)8-11;1-2/h3,5-8,12H,2,4H2,1H3;1-2H3. The van der Waals surface area contributed by atoms with Crippen LogP contribution in [0.3, 0.4) is 0 Å². The van der Waals surface area contributed by atoms with E-state index in [0.717, 1.165) is 0 Å². The molecule has 2 heteroatoms. The number of allylic oxidation sites excluding steroid dienone is 1. The normalized spacial score (nSPS) is 12.7. The Labute approximate surface area is 97.1 Å². The van der Waals surface area contributed by atoms with E-state index >= 15 is 0 Å². The third kappa shape index (κ3) is 3.40. The molecule has 0 aromatic heterocycles. The lowest BCUT2D eigenvalue weighted by atomic mass is 9.98. The van der Waals surface area contributed by atoms with Crippen LogP contribution in [0.15, 0.2) is 29.2 Å². The molecule has 0 bridgehead atoms. The molecule has 1 aliphatic carbocycles. The average Bonchev–Trinajstić information content (AvgIpc) is 2.32. The first-order valence-electron chi connectivity index (χ1n) is 5.53. The Morgan fingerprint density at radius 2 is 2.07 bits per heavy atom. The first-order valence-corrected chi connectivity index (χ1v) is 6.35. The summed E-state index contributed by atoms with van der Waals surface area (Å²) in [5.41, 5.74) is 2.86. The molecule has 2 rings (SSSR count). The number of aryl methyl sites for hydroxylation is 1. The van der Waals surface area contributed by atoms with E-state index in [4.69, 9.17) is 0 Å². The van der Waals surface area contributed by atoms with Gasteiger partial charge in [-0.25, -0.2) is 0 Å². The summed E-state index contributed by atoms with van der Waals surface area (Å²) in [6.45, 7) is 4.00. The van der Waals surface area contributed by atoms with E-state index in [9.17, 15) is 0 Å². The van der Waals surface area contributed by atoms with Crippen molar-refractivity contribution in [1.82, 2.24) is 4.72 Å². The zero-order valence-electron chi connectivity index (χ0n) is 9.71. The van der Waals surface area contributed by atoms with Crippen molar-refractivity contribution in [2.24, 2.45) is 0 Å². The molecule has 0 heterocycles. The molecule has 0 fully saturated rings. The molecule has 0 aliphatic heterocycles. The fraction of sp³-hybridized carbons (Fsp3) is 0.385. The third-order valence-electron chi connectivity index (χ3n) is 2.22. The van der Waals surface area contributed by atoms with E-state index in [1.807, 2.05) is 20.9 Å². The van der Waals surface area contributed by atoms with Crippen LogP contribution < -0.4 is 4.72 Å². The van der Waals surface area contributed by atoms with Crippen LogP contribution in [0, 0.1) is 0 Å². The van der Waals surface area contributed by atoms with Crippen molar-refractivity contribution in [3.8, 4) is 0 Å². The van der Waals surface area contributed by atoms with Gasteiger partial charge in [0.2, 0.25) is 0 Å². The molecular weight excluding hydrogens is 202 g/mol. The van der Waals surface area contributed by atoms with Crippen LogP contribution in [0.25, 0.3) is 6.08 Å². The molecule has 1 aromatic carbocycles. The van der Waals surface area contributed by atoms with Gasteiger partial charge in [-0.3, -0.25) is 4.72 Å². The Bertz CT molecular complexity index is 331. The van der Waals surface area contributed by atoms with Crippen molar-refractivity contribution in [2.75, 3.05) is 7.05 Å². The van der Waals surface area contributed by atoms with Gasteiger partial charge in [0.05, 0.1) is 0 Å². The van der Waals surface area contributed by atoms with Crippen LogP contribution >= 0.6 is 11.9 Å². The maximum atomic E-state index is 3.08. The second-order valence-electron chi connectivity index (χ2n) is 3.11. The lowest BCUT2D eigenvalue weighted by Gasteiger charge is -2.11. The highest BCUT2D eigenvalue weighted by Gasteiger charge is 2.04. The molecule has 15 heavy (non-hydrogen) atoms. The van der Waals surface area contributed by atoms with E-state index in [1.165, 1.54) is 28.9 Å². The first kappa shape index (κ1) is 12.3. The van der Waals surface area contributed by atoms with Crippen LogP contribution in [0.1, 0.15) is 31.4 Å². The van der Waals surface area contributed by atoms with Crippen molar-refractivity contribution in [2.45, 2.75) is 31.6 Å². The molecule has 0 saturated heterocycles. The molecule has 0 atom stereocenters. The molecule has 1 N–H and O–H groups in total. The maximum Gasteiger partial charge on any atom is 0.0234 e. The number of rotatable bonds is 2. The van der Waals surface area contributed by atoms with Gasteiger partial charge in [0.25, 0.3) is 0 Å². The largest absolute Gasteiger partial charge is 0.263 e. The number of benzene rings is 1. The smallest absolute Gasteiger partial charge is 0.0234 e. The Balaban J connectivity index is 0.000000531. The fourth-order valence-corrected chi connectivity index (χ4v) is 2.14. The lowest BCUT2D eigenvalue weighted by Crippen LogP contribution is -1.96. The van der Waals surface area contributed by atoms with Crippen LogP contribution in [0.2, 0.25) is 0 Å². The summed E-state index contributed by atoms with van der Waals surface area (Å²) in [6.07, 6.45) is 6.84. The molecule has 0 amide bonds. The lowest BCUT2D eigenvalue weighted by molar-refractivity contribution is 0.981. The van der Waals surface area contributed by atoms with E-state index < -0.39 is 0 Å². The summed E-state index contributed by atoms with van der Waals surface area (Å²) in [5.74, 6) is 0. The Morgan fingerprint density at radius 3 is 2.80 bits per heavy atom. The molecule has 0 spiro atoms. The van der Waals surface area contributed by atoms with E-state index in [2.05, 4.69) is 35.1 Å². The fourth-order valence-electron chi connectivity index (χ4n) is 1.59. The monoisotopic (exact) mass is 221 g/mol. The van der Waals surface area contributed by atoms with Crippen LogP contribution in [0.5, 0.6) is 0 Å².